The number of likely N-dealkylation sites (tertiary alicyclic amines) is 1. The van der Waals surface area contributed by atoms with Crippen LogP contribution in [0.1, 0.15) is 20.3 Å². The van der Waals surface area contributed by atoms with Crippen LogP contribution in [-0.2, 0) is 18.6 Å². The summed E-state index contributed by atoms with van der Waals surface area (Å²) in [6.45, 7) is 4.16. The molecule has 0 aliphatic carbocycles. The van der Waals surface area contributed by atoms with Crippen LogP contribution in [0.5, 0.6) is 0 Å². The Labute approximate surface area is 100 Å². The van der Waals surface area contributed by atoms with Gasteiger partial charge in [-0.05, 0) is 13.8 Å². The maximum absolute atomic E-state index is 11.7. The van der Waals surface area contributed by atoms with E-state index < -0.39 is 19.8 Å². The van der Waals surface area contributed by atoms with E-state index in [9.17, 15) is 13.2 Å². The number of amides is 1. The molecule has 1 rings (SSSR count). The van der Waals surface area contributed by atoms with Gasteiger partial charge >= 0.3 is 0 Å². The van der Waals surface area contributed by atoms with Crippen LogP contribution in [0.3, 0.4) is 0 Å². The van der Waals surface area contributed by atoms with Gasteiger partial charge < -0.3 is 9.64 Å². The fourth-order valence-corrected chi connectivity index (χ4v) is 2.91. The second-order valence-corrected chi connectivity index (χ2v) is 7.46. The molecule has 0 aromatic carbocycles. The Morgan fingerprint density at radius 3 is 2.50 bits per heavy atom. The molecule has 0 saturated carbocycles. The predicted octanol–water partition coefficient (Wildman–Crippen LogP) is 0.581. The fraction of sp³-hybridized carbons (Fsp3) is 0.889. The van der Waals surface area contributed by atoms with E-state index in [-0.39, 0.29) is 18.9 Å². The van der Waals surface area contributed by atoms with E-state index in [0.29, 0.717) is 6.61 Å². The zero-order valence-electron chi connectivity index (χ0n) is 9.57. The van der Waals surface area contributed by atoms with Crippen molar-refractivity contribution in [3.8, 4) is 0 Å². The van der Waals surface area contributed by atoms with Gasteiger partial charge in [0.05, 0.1) is 12.1 Å². The van der Waals surface area contributed by atoms with Crippen molar-refractivity contribution >= 4 is 25.6 Å². The van der Waals surface area contributed by atoms with Crippen LogP contribution in [0.25, 0.3) is 0 Å². The summed E-state index contributed by atoms with van der Waals surface area (Å²) in [7, 11) is 3.12. The number of rotatable bonds is 4. The minimum absolute atomic E-state index is 0.0427. The van der Waals surface area contributed by atoms with Crippen molar-refractivity contribution < 1.29 is 17.9 Å². The zero-order valence-corrected chi connectivity index (χ0v) is 11.1. The smallest absolute Gasteiger partial charge is 0.237 e. The quantitative estimate of drug-likeness (QED) is 0.701. The Kier molecular flexibility index (Phi) is 3.87. The van der Waals surface area contributed by atoms with E-state index in [2.05, 4.69) is 0 Å². The van der Waals surface area contributed by atoms with Crippen molar-refractivity contribution in [2.75, 3.05) is 20.3 Å². The molecule has 94 valence electrons. The fourth-order valence-electron chi connectivity index (χ4n) is 1.88. The molecule has 5 nitrogen and oxygen atoms in total. The van der Waals surface area contributed by atoms with E-state index in [1.54, 1.807) is 0 Å². The first-order valence-corrected chi connectivity index (χ1v) is 7.28. The van der Waals surface area contributed by atoms with Gasteiger partial charge in [-0.3, -0.25) is 4.79 Å². The van der Waals surface area contributed by atoms with Crippen LogP contribution in [-0.4, -0.2) is 50.3 Å². The maximum Gasteiger partial charge on any atom is 0.237 e. The van der Waals surface area contributed by atoms with Crippen LogP contribution in [0, 0.1) is 0 Å². The monoisotopic (exact) mass is 269 g/mol. The first kappa shape index (κ1) is 13.7. The standard InChI is InChI=1S/C9H16ClNO4S/c1-9(2,6-15-3)11-5-7(4-8(11)12)16(10,13)14/h7H,4-6H2,1-3H3. The normalized spacial score (nSPS) is 22.9. The highest BCUT2D eigenvalue weighted by molar-refractivity contribution is 8.14. The highest BCUT2D eigenvalue weighted by Gasteiger charge is 2.43. The third kappa shape index (κ3) is 2.87. The van der Waals surface area contributed by atoms with Gasteiger partial charge in [-0.2, -0.15) is 0 Å². The van der Waals surface area contributed by atoms with Gasteiger partial charge in [0.1, 0.15) is 5.25 Å². The summed E-state index contributed by atoms with van der Waals surface area (Å²) in [6, 6.07) is 0. The summed E-state index contributed by atoms with van der Waals surface area (Å²) in [5, 5.41) is -0.808. The van der Waals surface area contributed by atoms with Gasteiger partial charge in [-0.15, -0.1) is 0 Å². The van der Waals surface area contributed by atoms with Crippen LogP contribution >= 0.6 is 10.7 Å². The Hall–Kier alpha value is -0.330. The molecule has 1 heterocycles. The molecule has 1 atom stereocenters. The average molecular weight is 270 g/mol. The SMILES string of the molecule is COCC(C)(C)N1CC(S(=O)(=O)Cl)CC1=O. The second-order valence-electron chi connectivity index (χ2n) is 4.55. The lowest BCUT2D eigenvalue weighted by atomic mass is 10.1. The minimum atomic E-state index is -3.67. The van der Waals surface area contributed by atoms with Gasteiger partial charge in [0.15, 0.2) is 0 Å². The van der Waals surface area contributed by atoms with Gasteiger partial charge in [0.2, 0.25) is 15.0 Å². The van der Waals surface area contributed by atoms with E-state index >= 15 is 0 Å². The van der Waals surface area contributed by atoms with Gasteiger partial charge in [-0.1, -0.05) is 0 Å². The lowest BCUT2D eigenvalue weighted by Gasteiger charge is -2.34. The summed E-state index contributed by atoms with van der Waals surface area (Å²) in [5.41, 5.74) is -0.512. The Morgan fingerprint density at radius 2 is 2.12 bits per heavy atom. The molecule has 1 unspecified atom stereocenters. The first-order valence-electron chi connectivity index (χ1n) is 4.91. The van der Waals surface area contributed by atoms with Crippen LogP contribution in [0.2, 0.25) is 0 Å². The number of carbonyl (C=O) groups excluding carboxylic acids is 1. The molecule has 1 saturated heterocycles. The van der Waals surface area contributed by atoms with Crippen molar-refractivity contribution in [3.05, 3.63) is 0 Å². The van der Waals surface area contributed by atoms with Gasteiger partial charge in [-0.25, -0.2) is 8.42 Å². The van der Waals surface area contributed by atoms with Crippen LogP contribution < -0.4 is 0 Å². The molecular formula is C9H16ClNO4S. The summed E-state index contributed by atoms with van der Waals surface area (Å²) in [5.74, 6) is -0.198. The number of methoxy groups -OCH3 is 1. The largest absolute Gasteiger partial charge is 0.382 e. The molecule has 16 heavy (non-hydrogen) atoms. The topological polar surface area (TPSA) is 63.7 Å². The number of nitrogens with zero attached hydrogens (tertiary/aromatic N) is 1. The third-order valence-electron chi connectivity index (χ3n) is 2.72. The van der Waals surface area contributed by atoms with E-state index in [4.69, 9.17) is 15.4 Å². The Morgan fingerprint density at radius 1 is 1.56 bits per heavy atom. The lowest BCUT2D eigenvalue weighted by molar-refractivity contribution is -0.133. The molecule has 1 amide bonds. The van der Waals surface area contributed by atoms with Crippen molar-refractivity contribution in [2.45, 2.75) is 31.1 Å². The Balaban J connectivity index is 2.83. The highest BCUT2D eigenvalue weighted by Crippen LogP contribution is 2.27. The Bertz CT molecular complexity index is 379. The van der Waals surface area contributed by atoms with Crippen molar-refractivity contribution in [1.82, 2.24) is 4.90 Å². The summed E-state index contributed by atoms with van der Waals surface area (Å²) in [6.07, 6.45) is -0.0427. The van der Waals surface area contributed by atoms with Crippen LogP contribution in [0.4, 0.5) is 0 Å². The van der Waals surface area contributed by atoms with E-state index in [1.165, 1.54) is 12.0 Å². The van der Waals surface area contributed by atoms with Crippen molar-refractivity contribution in [2.24, 2.45) is 0 Å². The molecule has 1 aliphatic rings. The molecule has 0 bridgehead atoms. The van der Waals surface area contributed by atoms with Gasteiger partial charge in [0, 0.05) is 30.8 Å². The first-order chi connectivity index (χ1) is 7.18. The zero-order chi connectivity index (χ0) is 12.6. The number of halogens is 1. The lowest BCUT2D eigenvalue weighted by Crippen LogP contribution is -2.48. The van der Waals surface area contributed by atoms with Crippen LogP contribution in [0.15, 0.2) is 0 Å². The van der Waals surface area contributed by atoms with E-state index in [0.717, 1.165) is 0 Å². The highest BCUT2D eigenvalue weighted by atomic mass is 35.7. The van der Waals surface area contributed by atoms with Crippen molar-refractivity contribution in [1.29, 1.82) is 0 Å². The number of carbonyl (C=O) groups is 1. The van der Waals surface area contributed by atoms with Crippen molar-refractivity contribution in [3.63, 3.8) is 0 Å². The summed E-state index contributed by atoms with van der Waals surface area (Å²) < 4.78 is 27.3. The predicted molar refractivity (Wildman–Crippen MR) is 60.8 cm³/mol. The maximum atomic E-state index is 11.7. The molecule has 0 N–H and O–H groups in total. The molecule has 1 aliphatic heterocycles. The molecule has 0 radical (unpaired) electrons. The third-order valence-corrected chi connectivity index (χ3v) is 4.58. The minimum Gasteiger partial charge on any atom is -0.382 e. The average Bonchev–Trinajstić information content (AvgIpc) is 2.46. The number of hydrogen-bond acceptors (Lipinski definition) is 4. The number of ether oxygens (including phenoxy) is 1. The molecule has 7 heteroatoms. The van der Waals surface area contributed by atoms with E-state index in [1.807, 2.05) is 13.8 Å². The molecule has 0 aromatic rings. The second kappa shape index (κ2) is 4.50. The summed E-state index contributed by atoms with van der Waals surface area (Å²) >= 11 is 0. The van der Waals surface area contributed by atoms with Gasteiger partial charge in [0.25, 0.3) is 0 Å². The summed E-state index contributed by atoms with van der Waals surface area (Å²) in [4.78, 5) is 13.2. The molecule has 1 fully saturated rings. The molecule has 0 spiro atoms. The molecule has 0 aromatic heterocycles. The molecular weight excluding hydrogens is 254 g/mol. The number of hydrogen-bond donors (Lipinski definition) is 0.